The van der Waals surface area contributed by atoms with Crippen molar-refractivity contribution in [2.75, 3.05) is 10.6 Å². The van der Waals surface area contributed by atoms with Crippen LogP contribution in [0.25, 0.3) is 5.65 Å². The molecule has 0 spiro atoms. The molecule has 172 valence electrons. The quantitative estimate of drug-likeness (QED) is 0.359. The Balaban J connectivity index is 1.10. The maximum atomic E-state index is 15.2. The molecule has 2 N–H and O–H groups in total. The fourth-order valence-electron chi connectivity index (χ4n) is 4.42. The normalized spacial score (nSPS) is 21.4. The highest BCUT2D eigenvalue weighted by Crippen LogP contribution is 2.55. The molecule has 0 saturated heterocycles. The van der Waals surface area contributed by atoms with E-state index in [2.05, 4.69) is 43.3 Å². The first kappa shape index (κ1) is 21.1. The van der Waals surface area contributed by atoms with Crippen LogP contribution in [0.15, 0.2) is 67.1 Å². The molecule has 3 heterocycles. The lowest BCUT2D eigenvalue weighted by atomic mass is 10.1. The lowest BCUT2D eigenvalue weighted by Gasteiger charge is -2.11. The van der Waals surface area contributed by atoms with Crippen molar-refractivity contribution in [3.63, 3.8) is 0 Å². The van der Waals surface area contributed by atoms with Crippen molar-refractivity contribution in [3.8, 4) is 0 Å². The second-order valence-electron chi connectivity index (χ2n) is 9.15. The van der Waals surface area contributed by atoms with Gasteiger partial charge in [0.25, 0.3) is 5.91 Å². The predicted octanol–water partition coefficient (Wildman–Crippen LogP) is 5.71. The van der Waals surface area contributed by atoms with Gasteiger partial charge in [0.15, 0.2) is 5.67 Å². The van der Waals surface area contributed by atoms with Gasteiger partial charge in [-0.15, -0.1) is 0 Å². The van der Waals surface area contributed by atoms with Crippen LogP contribution in [0.1, 0.15) is 47.9 Å². The number of nitrogens with zero attached hydrogens (tertiary/aromatic N) is 3. The molecule has 0 aliphatic heterocycles. The van der Waals surface area contributed by atoms with Gasteiger partial charge in [-0.25, -0.2) is 14.4 Å². The van der Waals surface area contributed by atoms with Crippen molar-refractivity contribution >= 4 is 34.7 Å². The zero-order chi connectivity index (χ0) is 23.3. The zero-order valence-electron chi connectivity index (χ0n) is 18.3. The van der Waals surface area contributed by atoms with Crippen LogP contribution in [0.4, 0.5) is 15.9 Å². The third-order valence-corrected chi connectivity index (χ3v) is 6.80. The van der Waals surface area contributed by atoms with Crippen molar-refractivity contribution in [2.24, 2.45) is 0 Å². The predicted molar refractivity (Wildman–Crippen MR) is 130 cm³/mol. The Labute approximate surface area is 201 Å². The average molecular weight is 476 g/mol. The minimum atomic E-state index is -1.95. The van der Waals surface area contributed by atoms with E-state index in [0.717, 1.165) is 22.6 Å². The van der Waals surface area contributed by atoms with Gasteiger partial charge in [0.1, 0.15) is 11.5 Å². The minimum Gasteiger partial charge on any atom is -0.379 e. The first-order chi connectivity index (χ1) is 16.5. The van der Waals surface area contributed by atoms with Crippen molar-refractivity contribution in [1.82, 2.24) is 14.4 Å². The number of benzene rings is 1. The first-order valence-electron chi connectivity index (χ1n) is 11.4. The molecule has 0 radical (unpaired) electrons. The molecule has 34 heavy (non-hydrogen) atoms. The summed E-state index contributed by atoms with van der Waals surface area (Å²) in [5.41, 5.74) is 2.71. The second-order valence-corrected chi connectivity index (χ2v) is 9.58. The van der Waals surface area contributed by atoms with Gasteiger partial charge >= 0.3 is 0 Å². The molecule has 4 aromatic rings. The lowest BCUT2D eigenvalue weighted by molar-refractivity contribution is -0.122. The van der Waals surface area contributed by atoms with E-state index in [0.29, 0.717) is 23.3 Å². The molecule has 8 heteroatoms. The Morgan fingerprint density at radius 3 is 2.85 bits per heavy atom. The number of rotatable bonds is 7. The Morgan fingerprint density at radius 1 is 1.15 bits per heavy atom. The smallest absolute Gasteiger partial charge is 0.263 e. The Morgan fingerprint density at radius 2 is 2.03 bits per heavy atom. The van der Waals surface area contributed by atoms with Crippen molar-refractivity contribution in [2.45, 2.75) is 43.3 Å². The number of nitrogens with one attached hydrogen (secondary N) is 2. The van der Waals surface area contributed by atoms with Crippen LogP contribution in [-0.4, -0.2) is 25.9 Å². The zero-order valence-corrected chi connectivity index (χ0v) is 19.1. The van der Waals surface area contributed by atoms with E-state index in [4.69, 9.17) is 11.6 Å². The van der Waals surface area contributed by atoms with E-state index in [9.17, 15) is 4.79 Å². The van der Waals surface area contributed by atoms with E-state index >= 15 is 4.39 Å². The number of hydrogen-bond donors (Lipinski definition) is 2. The summed E-state index contributed by atoms with van der Waals surface area (Å²) in [6.07, 6.45) is 8.42. The largest absolute Gasteiger partial charge is 0.379 e. The molecule has 1 aromatic carbocycles. The summed E-state index contributed by atoms with van der Waals surface area (Å²) in [6, 6.07) is 14.7. The number of carbonyl (C=O) groups excluding carboxylic acids is 1. The highest BCUT2D eigenvalue weighted by atomic mass is 35.5. The number of alkyl halides is 1. The third-order valence-electron chi connectivity index (χ3n) is 6.57. The van der Waals surface area contributed by atoms with Crippen LogP contribution >= 0.6 is 11.6 Å². The maximum Gasteiger partial charge on any atom is 0.263 e. The molecule has 2 aliphatic carbocycles. The summed E-state index contributed by atoms with van der Waals surface area (Å²) in [7, 11) is 0. The lowest BCUT2D eigenvalue weighted by Crippen LogP contribution is -2.27. The van der Waals surface area contributed by atoms with Gasteiger partial charge in [0.2, 0.25) is 0 Å². The van der Waals surface area contributed by atoms with Crippen molar-refractivity contribution in [3.05, 3.63) is 89.0 Å². The molecular weight excluding hydrogens is 453 g/mol. The highest BCUT2D eigenvalue weighted by Gasteiger charge is 2.62. The molecule has 3 aromatic heterocycles. The number of hydrogen-bond acceptors (Lipinski definition) is 4. The van der Waals surface area contributed by atoms with Crippen molar-refractivity contribution < 1.29 is 9.18 Å². The van der Waals surface area contributed by atoms with E-state index in [1.807, 2.05) is 6.20 Å². The number of fused-ring (bicyclic) bond motifs is 1. The van der Waals surface area contributed by atoms with Gasteiger partial charge in [0, 0.05) is 47.7 Å². The van der Waals surface area contributed by atoms with Gasteiger partial charge in [0.05, 0.1) is 12.2 Å². The summed E-state index contributed by atoms with van der Waals surface area (Å²) < 4.78 is 17.3. The summed E-state index contributed by atoms with van der Waals surface area (Å²) in [6.45, 7) is 0.516. The summed E-state index contributed by atoms with van der Waals surface area (Å²) in [5.74, 6) is -0.191. The molecular formula is C26H23ClFN5O. The van der Waals surface area contributed by atoms with Crippen LogP contribution in [0.5, 0.6) is 0 Å². The topological polar surface area (TPSA) is 71.3 Å². The molecule has 0 bridgehead atoms. The summed E-state index contributed by atoms with van der Waals surface area (Å²) in [4.78, 5) is 21.5. The van der Waals surface area contributed by atoms with Gasteiger partial charge in [-0.1, -0.05) is 29.8 Å². The van der Waals surface area contributed by atoms with Crippen LogP contribution in [0.2, 0.25) is 5.02 Å². The SMILES string of the molecule is O=C(Nc1cc(NCc2cn3cc(C4CC4)ccc3n2)ccn1)C1(F)CC1c1cccc(Cl)c1. The number of halogens is 2. The number of carbonyl (C=O) groups is 1. The van der Waals surface area contributed by atoms with Gasteiger partial charge in [-0.05, 0) is 54.2 Å². The van der Waals surface area contributed by atoms with Gasteiger partial charge < -0.3 is 15.0 Å². The number of amides is 1. The second kappa shape index (κ2) is 8.09. The third kappa shape index (κ3) is 4.12. The standard InChI is InChI=1S/C26H23ClFN5O/c27-19-3-1-2-17(10-19)22-12-26(22,28)25(34)32-23-11-20(8-9-29-23)30-13-21-15-33-14-18(16-4-5-16)6-7-24(33)31-21/h1-3,6-11,14-16,22H,4-5,12-13H2,(H2,29,30,32,34). The van der Waals surface area contributed by atoms with Crippen LogP contribution in [-0.2, 0) is 11.3 Å². The summed E-state index contributed by atoms with van der Waals surface area (Å²) >= 11 is 6.01. The van der Waals surface area contributed by atoms with Gasteiger partial charge in [-0.2, -0.15) is 0 Å². The van der Waals surface area contributed by atoms with Crippen molar-refractivity contribution in [1.29, 1.82) is 0 Å². The minimum absolute atomic E-state index is 0.132. The fraction of sp³-hybridized carbons (Fsp3) is 0.269. The number of anilines is 2. The fourth-order valence-corrected chi connectivity index (χ4v) is 4.62. The average Bonchev–Trinajstić information content (AvgIpc) is 3.75. The van der Waals surface area contributed by atoms with Gasteiger partial charge in [-0.3, -0.25) is 4.79 Å². The Bertz CT molecular complexity index is 1400. The van der Waals surface area contributed by atoms with E-state index in [1.54, 1.807) is 42.6 Å². The van der Waals surface area contributed by atoms with E-state index < -0.39 is 17.5 Å². The van der Waals surface area contributed by atoms with Crippen LogP contribution in [0.3, 0.4) is 0 Å². The van der Waals surface area contributed by atoms with E-state index in [1.165, 1.54) is 18.4 Å². The summed E-state index contributed by atoms with van der Waals surface area (Å²) in [5, 5.41) is 6.46. The molecule has 1 amide bonds. The molecule has 2 saturated carbocycles. The molecule has 6 nitrogen and oxygen atoms in total. The maximum absolute atomic E-state index is 15.2. The monoisotopic (exact) mass is 475 g/mol. The Kier molecular flexibility index (Phi) is 5.03. The Hall–Kier alpha value is -3.45. The molecule has 2 fully saturated rings. The number of imidazole rings is 1. The molecule has 6 rings (SSSR count). The first-order valence-corrected chi connectivity index (χ1v) is 11.8. The highest BCUT2D eigenvalue weighted by molar-refractivity contribution is 6.30. The number of aromatic nitrogens is 3. The molecule has 2 unspecified atom stereocenters. The number of pyridine rings is 2. The molecule has 2 aliphatic rings. The van der Waals surface area contributed by atoms with Crippen LogP contribution < -0.4 is 10.6 Å². The van der Waals surface area contributed by atoms with Crippen LogP contribution in [0, 0.1) is 0 Å². The molecule has 2 atom stereocenters. The van der Waals surface area contributed by atoms with E-state index in [-0.39, 0.29) is 6.42 Å².